The maximum Gasteiger partial charge on any atom is 0.261 e. The molecule has 3 rings (SSSR count). The molecule has 3 nitrogen and oxygen atoms in total. The smallest absolute Gasteiger partial charge is 0.261 e. The highest BCUT2D eigenvalue weighted by atomic mass is 32.1. The van der Waals surface area contributed by atoms with Gasteiger partial charge in [-0.05, 0) is 41.6 Å². The lowest BCUT2D eigenvalue weighted by atomic mass is 10.1. The summed E-state index contributed by atoms with van der Waals surface area (Å²) in [5.74, 6) is -0.559. The highest BCUT2D eigenvalue weighted by Gasteiger charge is 2.16. The predicted octanol–water partition coefficient (Wildman–Crippen LogP) is 3.81. The van der Waals surface area contributed by atoms with Crippen LogP contribution in [0.15, 0.2) is 48.5 Å². The molecule has 0 saturated heterocycles. The number of carbonyl (C=O) groups excluding carboxylic acids is 1. The van der Waals surface area contributed by atoms with Crippen molar-refractivity contribution in [2.24, 2.45) is 0 Å². The van der Waals surface area contributed by atoms with E-state index in [2.05, 4.69) is 5.32 Å². The molecule has 0 aliphatic heterocycles. The number of aryl methyl sites for hydroxylation is 1. The van der Waals surface area contributed by atoms with Crippen molar-refractivity contribution >= 4 is 27.3 Å². The molecule has 0 aliphatic carbocycles. The first-order chi connectivity index (χ1) is 11.1. The summed E-state index contributed by atoms with van der Waals surface area (Å²) >= 11 is 1.44. The monoisotopic (exact) mass is 329 g/mol. The lowest BCUT2D eigenvalue weighted by Gasteiger charge is -2.12. The summed E-state index contributed by atoms with van der Waals surface area (Å²) in [6.07, 6.45) is -0.866. The van der Waals surface area contributed by atoms with Gasteiger partial charge >= 0.3 is 0 Å². The van der Waals surface area contributed by atoms with Crippen molar-refractivity contribution < 1.29 is 14.3 Å². The van der Waals surface area contributed by atoms with Gasteiger partial charge in [0.1, 0.15) is 5.82 Å². The average molecular weight is 329 g/mol. The van der Waals surface area contributed by atoms with Gasteiger partial charge in [0.05, 0.1) is 11.0 Å². The van der Waals surface area contributed by atoms with Crippen molar-refractivity contribution in [1.82, 2.24) is 5.32 Å². The van der Waals surface area contributed by atoms with Crippen molar-refractivity contribution in [3.05, 3.63) is 70.4 Å². The van der Waals surface area contributed by atoms with E-state index in [0.717, 1.165) is 15.6 Å². The van der Waals surface area contributed by atoms with Crippen LogP contribution in [0.2, 0.25) is 0 Å². The molecular weight excluding hydrogens is 313 g/mol. The Morgan fingerprint density at radius 3 is 2.61 bits per heavy atom. The minimum absolute atomic E-state index is 0.0815. The summed E-state index contributed by atoms with van der Waals surface area (Å²) in [4.78, 5) is 13.0. The first-order valence-corrected chi connectivity index (χ1v) is 8.08. The fraction of sp³-hybridized carbons (Fsp3) is 0.167. The summed E-state index contributed by atoms with van der Waals surface area (Å²) in [7, 11) is 0. The lowest BCUT2D eigenvalue weighted by molar-refractivity contribution is 0.0920. The second-order valence-corrected chi connectivity index (χ2v) is 6.38. The maximum atomic E-state index is 12.9. The molecule has 2 aromatic carbocycles. The molecule has 1 heterocycles. The number of thiophene rings is 1. The molecule has 1 amide bonds. The standard InChI is InChI=1S/C18H16FNO2S/c1-11-14-4-2-3-5-16(14)23-17(11)18(22)20-10-15(21)12-6-8-13(19)9-7-12/h2-9,15,21H,10H2,1H3,(H,20,22). The fourth-order valence-corrected chi connectivity index (χ4v) is 3.59. The molecule has 0 saturated carbocycles. The zero-order valence-corrected chi connectivity index (χ0v) is 13.4. The number of aliphatic hydroxyl groups is 1. The minimum atomic E-state index is -0.866. The van der Waals surface area contributed by atoms with E-state index in [0.29, 0.717) is 10.4 Å². The van der Waals surface area contributed by atoms with Gasteiger partial charge in [-0.15, -0.1) is 11.3 Å². The molecule has 23 heavy (non-hydrogen) atoms. The SMILES string of the molecule is Cc1c(C(=O)NCC(O)c2ccc(F)cc2)sc2ccccc12. The zero-order chi connectivity index (χ0) is 16.4. The molecule has 1 aromatic heterocycles. The van der Waals surface area contributed by atoms with Gasteiger partial charge in [0.25, 0.3) is 5.91 Å². The fourth-order valence-electron chi connectivity index (χ4n) is 2.46. The van der Waals surface area contributed by atoms with Gasteiger partial charge in [-0.1, -0.05) is 30.3 Å². The highest BCUT2D eigenvalue weighted by molar-refractivity contribution is 7.21. The van der Waals surface area contributed by atoms with Crippen LogP contribution in [0.4, 0.5) is 4.39 Å². The van der Waals surface area contributed by atoms with Crippen LogP contribution >= 0.6 is 11.3 Å². The number of aliphatic hydroxyl groups excluding tert-OH is 1. The summed E-state index contributed by atoms with van der Waals surface area (Å²) in [6, 6.07) is 13.5. The number of rotatable bonds is 4. The lowest BCUT2D eigenvalue weighted by Crippen LogP contribution is -2.28. The van der Waals surface area contributed by atoms with Gasteiger partial charge in [-0.2, -0.15) is 0 Å². The molecule has 1 unspecified atom stereocenters. The summed E-state index contributed by atoms with van der Waals surface area (Å²) in [5, 5.41) is 13.9. The van der Waals surface area contributed by atoms with E-state index in [1.165, 1.54) is 35.6 Å². The van der Waals surface area contributed by atoms with Crippen LogP contribution in [0.1, 0.15) is 26.9 Å². The van der Waals surface area contributed by atoms with Gasteiger partial charge in [0.15, 0.2) is 0 Å². The van der Waals surface area contributed by atoms with E-state index in [4.69, 9.17) is 0 Å². The molecule has 0 aliphatic rings. The third-order valence-corrected chi connectivity index (χ3v) is 5.03. The highest BCUT2D eigenvalue weighted by Crippen LogP contribution is 2.30. The van der Waals surface area contributed by atoms with E-state index in [1.807, 2.05) is 31.2 Å². The van der Waals surface area contributed by atoms with Crippen LogP contribution in [0.5, 0.6) is 0 Å². The van der Waals surface area contributed by atoms with Gasteiger partial charge in [0, 0.05) is 11.2 Å². The van der Waals surface area contributed by atoms with Crippen LogP contribution in [-0.4, -0.2) is 17.6 Å². The third-order valence-electron chi connectivity index (χ3n) is 3.76. The molecule has 5 heteroatoms. The molecule has 3 aromatic rings. The Kier molecular flexibility index (Phi) is 4.41. The number of carbonyl (C=O) groups is 1. The van der Waals surface area contributed by atoms with Crippen LogP contribution in [-0.2, 0) is 0 Å². The van der Waals surface area contributed by atoms with Crippen molar-refractivity contribution in [3.63, 3.8) is 0 Å². The van der Waals surface area contributed by atoms with E-state index in [1.54, 1.807) is 0 Å². The van der Waals surface area contributed by atoms with Crippen LogP contribution < -0.4 is 5.32 Å². The Morgan fingerprint density at radius 1 is 1.22 bits per heavy atom. The number of hydrogen-bond acceptors (Lipinski definition) is 3. The number of halogens is 1. The molecule has 118 valence electrons. The maximum absolute atomic E-state index is 12.9. The number of hydrogen-bond donors (Lipinski definition) is 2. The average Bonchev–Trinajstić information content (AvgIpc) is 2.90. The molecule has 2 N–H and O–H groups in total. The second-order valence-electron chi connectivity index (χ2n) is 5.33. The van der Waals surface area contributed by atoms with Crippen molar-refractivity contribution in [2.75, 3.05) is 6.54 Å². The van der Waals surface area contributed by atoms with E-state index in [9.17, 15) is 14.3 Å². The summed E-state index contributed by atoms with van der Waals surface area (Å²) in [6.45, 7) is 2.00. The summed E-state index contributed by atoms with van der Waals surface area (Å²) < 4.78 is 13.9. The van der Waals surface area contributed by atoms with Crippen molar-refractivity contribution in [1.29, 1.82) is 0 Å². The normalized spacial score (nSPS) is 12.3. The summed E-state index contributed by atoms with van der Waals surface area (Å²) in [5.41, 5.74) is 1.51. The minimum Gasteiger partial charge on any atom is -0.387 e. The van der Waals surface area contributed by atoms with Gasteiger partial charge < -0.3 is 10.4 Å². The first-order valence-electron chi connectivity index (χ1n) is 7.26. The Morgan fingerprint density at radius 2 is 1.91 bits per heavy atom. The number of benzene rings is 2. The van der Waals surface area contributed by atoms with E-state index in [-0.39, 0.29) is 18.3 Å². The Hall–Kier alpha value is -2.24. The van der Waals surface area contributed by atoms with E-state index < -0.39 is 6.10 Å². The number of amides is 1. The molecule has 0 fully saturated rings. The van der Waals surface area contributed by atoms with Gasteiger partial charge in [0.2, 0.25) is 0 Å². The Bertz CT molecular complexity index is 842. The van der Waals surface area contributed by atoms with E-state index >= 15 is 0 Å². The van der Waals surface area contributed by atoms with Crippen molar-refractivity contribution in [3.8, 4) is 0 Å². The topological polar surface area (TPSA) is 49.3 Å². The molecular formula is C18H16FNO2S. The predicted molar refractivity (Wildman–Crippen MR) is 90.3 cm³/mol. The third kappa shape index (κ3) is 3.25. The van der Waals surface area contributed by atoms with Crippen LogP contribution in [0, 0.1) is 12.7 Å². The van der Waals surface area contributed by atoms with Gasteiger partial charge in [-0.25, -0.2) is 4.39 Å². The quantitative estimate of drug-likeness (QED) is 0.765. The molecule has 0 spiro atoms. The zero-order valence-electron chi connectivity index (χ0n) is 12.5. The molecule has 1 atom stereocenters. The number of fused-ring (bicyclic) bond motifs is 1. The largest absolute Gasteiger partial charge is 0.387 e. The molecule has 0 bridgehead atoms. The van der Waals surface area contributed by atoms with Crippen LogP contribution in [0.25, 0.3) is 10.1 Å². The Balaban J connectivity index is 1.71. The van der Waals surface area contributed by atoms with Crippen molar-refractivity contribution in [2.45, 2.75) is 13.0 Å². The van der Waals surface area contributed by atoms with Crippen LogP contribution in [0.3, 0.4) is 0 Å². The first kappa shape index (κ1) is 15.6. The van der Waals surface area contributed by atoms with Gasteiger partial charge in [-0.3, -0.25) is 4.79 Å². The second kappa shape index (κ2) is 6.48. The number of nitrogens with one attached hydrogen (secondary N) is 1. The molecule has 0 radical (unpaired) electrons. The Labute approximate surface area is 137 Å².